The Morgan fingerprint density at radius 3 is 2.76 bits per heavy atom. The number of nitrogens with one attached hydrogen (secondary N) is 1. The summed E-state index contributed by atoms with van der Waals surface area (Å²) in [7, 11) is 0. The van der Waals surface area contributed by atoms with Gasteiger partial charge in [-0.2, -0.15) is 5.10 Å². The highest BCUT2D eigenvalue weighted by Gasteiger charge is 2.19. The van der Waals surface area contributed by atoms with Gasteiger partial charge in [-0.15, -0.1) is 0 Å². The molecule has 0 fully saturated rings. The summed E-state index contributed by atoms with van der Waals surface area (Å²) in [6.45, 7) is 1.95. The van der Waals surface area contributed by atoms with E-state index >= 15 is 0 Å². The minimum absolute atomic E-state index is 0.115. The summed E-state index contributed by atoms with van der Waals surface area (Å²) in [6, 6.07) is 17.3. The molecular weight excluding hydrogens is 314 g/mol. The van der Waals surface area contributed by atoms with Crippen molar-refractivity contribution in [2.75, 3.05) is 0 Å². The lowest BCUT2D eigenvalue weighted by Gasteiger charge is -2.22. The number of rotatable bonds is 5. The summed E-state index contributed by atoms with van der Waals surface area (Å²) in [4.78, 5) is 12.1. The van der Waals surface area contributed by atoms with Crippen molar-refractivity contribution < 1.29 is 15.3 Å². The number of fused-ring (bicyclic) bond motifs is 1. The highest BCUT2D eigenvalue weighted by atomic mass is 16.5. The second kappa shape index (κ2) is 7.77. The van der Waals surface area contributed by atoms with Crippen molar-refractivity contribution >= 4 is 18.2 Å². The smallest absolute Gasteiger partial charge is 0.298 e. The predicted molar refractivity (Wildman–Crippen MR) is 98.0 cm³/mol. The van der Waals surface area contributed by atoms with Crippen molar-refractivity contribution in [1.29, 1.82) is 0 Å². The quantitative estimate of drug-likeness (QED) is 0.645. The van der Waals surface area contributed by atoms with Crippen LogP contribution in [0.15, 0.2) is 65.3 Å². The van der Waals surface area contributed by atoms with E-state index in [4.69, 9.17) is 4.74 Å². The molecule has 1 heterocycles. The largest absolute Gasteiger partial charge is 0.485 e. The van der Waals surface area contributed by atoms with E-state index < -0.39 is 6.04 Å². The topological polar surface area (TPSA) is 78.3 Å². The van der Waals surface area contributed by atoms with Gasteiger partial charge in [0, 0.05) is 17.6 Å². The van der Waals surface area contributed by atoms with E-state index in [1.807, 2.05) is 67.6 Å². The van der Waals surface area contributed by atoms with Gasteiger partial charge in [-0.3, -0.25) is 4.79 Å². The Morgan fingerprint density at radius 2 is 1.96 bits per heavy atom. The summed E-state index contributed by atoms with van der Waals surface area (Å²) >= 11 is 0. The van der Waals surface area contributed by atoms with Gasteiger partial charge >= 0.3 is 0 Å². The van der Waals surface area contributed by atoms with Crippen LogP contribution in [0.1, 0.15) is 18.1 Å². The zero-order chi connectivity index (χ0) is 17.6. The molecule has 0 spiro atoms. The van der Waals surface area contributed by atoms with Crippen molar-refractivity contribution in [3.05, 3.63) is 71.3 Å². The molecule has 0 saturated heterocycles. The summed E-state index contributed by atoms with van der Waals surface area (Å²) in [5, 5.41) is 4.07. The minimum atomic E-state index is -0.394. The second-order valence-electron chi connectivity index (χ2n) is 6.06. The van der Waals surface area contributed by atoms with Gasteiger partial charge in [0.1, 0.15) is 11.9 Å². The number of carbonyl (C=O) groups excluding carboxylic acids is 1. The average Bonchev–Trinajstić information content (AvgIpc) is 2.62. The molecule has 25 heavy (non-hydrogen) atoms. The molecule has 2 aromatic rings. The van der Waals surface area contributed by atoms with Crippen molar-refractivity contribution in [2.45, 2.75) is 25.5 Å². The van der Waals surface area contributed by atoms with Crippen LogP contribution >= 0.6 is 0 Å². The minimum Gasteiger partial charge on any atom is -0.485 e. The number of benzene rings is 2. The first-order valence-electron chi connectivity index (χ1n) is 8.30. The summed E-state index contributed by atoms with van der Waals surface area (Å²) in [6.07, 6.45) is 4.12. The lowest BCUT2D eigenvalue weighted by Crippen LogP contribution is -2.68. The van der Waals surface area contributed by atoms with Crippen molar-refractivity contribution in [1.82, 2.24) is 5.43 Å². The lowest BCUT2D eigenvalue weighted by atomic mass is 10.0. The van der Waals surface area contributed by atoms with E-state index in [0.717, 1.165) is 22.4 Å². The van der Waals surface area contributed by atoms with Crippen LogP contribution in [0, 0.1) is 0 Å². The van der Waals surface area contributed by atoms with Gasteiger partial charge in [-0.05, 0) is 24.6 Å². The Morgan fingerprint density at radius 1 is 1.24 bits per heavy atom. The number of amides is 1. The fourth-order valence-corrected chi connectivity index (χ4v) is 2.66. The molecule has 0 saturated carbocycles. The molecule has 3 rings (SSSR count). The molecule has 1 amide bonds. The first-order chi connectivity index (χ1) is 12.1. The van der Waals surface area contributed by atoms with E-state index in [1.165, 1.54) is 0 Å². The van der Waals surface area contributed by atoms with Crippen LogP contribution in [0.5, 0.6) is 5.75 Å². The molecule has 0 aromatic heterocycles. The first kappa shape index (κ1) is 16.9. The van der Waals surface area contributed by atoms with E-state index in [2.05, 4.69) is 16.3 Å². The van der Waals surface area contributed by atoms with Crippen LogP contribution in [-0.2, 0) is 11.2 Å². The SMILES string of the molecule is C[C@@H]1Oc2ccccc2C=C1/C=N\NC(=O)[C@H]([NH3+])Cc1ccccc1. The van der Waals surface area contributed by atoms with Crippen molar-refractivity contribution in [3.63, 3.8) is 0 Å². The molecule has 1 aliphatic rings. The third-order valence-electron chi connectivity index (χ3n) is 4.10. The van der Waals surface area contributed by atoms with Gasteiger partial charge in [0.15, 0.2) is 6.04 Å². The van der Waals surface area contributed by atoms with Crippen LogP contribution < -0.4 is 15.9 Å². The molecule has 0 bridgehead atoms. The van der Waals surface area contributed by atoms with Crippen molar-refractivity contribution in [3.8, 4) is 5.75 Å². The molecule has 0 radical (unpaired) electrons. The molecule has 5 nitrogen and oxygen atoms in total. The van der Waals surface area contributed by atoms with Crippen molar-refractivity contribution in [2.24, 2.45) is 5.10 Å². The first-order valence-corrected chi connectivity index (χ1v) is 8.30. The number of hydrogen-bond donors (Lipinski definition) is 2. The van der Waals surface area contributed by atoms with E-state index in [1.54, 1.807) is 6.21 Å². The average molecular weight is 336 g/mol. The zero-order valence-electron chi connectivity index (χ0n) is 14.2. The highest BCUT2D eigenvalue weighted by Crippen LogP contribution is 2.28. The molecule has 2 atom stereocenters. The highest BCUT2D eigenvalue weighted by molar-refractivity contribution is 5.90. The van der Waals surface area contributed by atoms with Crippen LogP contribution in [0.4, 0.5) is 0 Å². The lowest BCUT2D eigenvalue weighted by molar-refractivity contribution is -0.403. The summed E-state index contributed by atoms with van der Waals surface area (Å²) < 4.78 is 5.84. The molecule has 2 aromatic carbocycles. The number of hydrogen-bond acceptors (Lipinski definition) is 3. The molecule has 0 aliphatic carbocycles. The van der Waals surface area contributed by atoms with Gasteiger partial charge in [-0.1, -0.05) is 48.5 Å². The molecule has 0 unspecified atom stereocenters. The van der Waals surface area contributed by atoms with E-state index in [0.29, 0.717) is 6.42 Å². The van der Waals surface area contributed by atoms with E-state index in [-0.39, 0.29) is 12.0 Å². The van der Waals surface area contributed by atoms with Crippen LogP contribution in [-0.4, -0.2) is 24.3 Å². The van der Waals surface area contributed by atoms with E-state index in [9.17, 15) is 4.79 Å². The van der Waals surface area contributed by atoms with Gasteiger partial charge in [0.25, 0.3) is 5.91 Å². The van der Waals surface area contributed by atoms with Crippen LogP contribution in [0.2, 0.25) is 0 Å². The number of nitrogens with zero attached hydrogens (tertiary/aromatic N) is 1. The monoisotopic (exact) mass is 336 g/mol. The van der Waals surface area contributed by atoms with Gasteiger partial charge in [0.05, 0.1) is 6.21 Å². The Kier molecular flexibility index (Phi) is 5.26. The molecular formula is C20H22N3O2+. The summed E-state index contributed by atoms with van der Waals surface area (Å²) in [5.74, 6) is 0.655. The number of para-hydroxylation sites is 1. The maximum Gasteiger partial charge on any atom is 0.298 e. The maximum absolute atomic E-state index is 12.1. The zero-order valence-corrected chi connectivity index (χ0v) is 14.2. The number of hydrazone groups is 1. The predicted octanol–water partition coefficient (Wildman–Crippen LogP) is 1.81. The molecule has 4 N–H and O–H groups in total. The molecule has 5 heteroatoms. The van der Waals surface area contributed by atoms with Crippen LogP contribution in [0.25, 0.3) is 6.08 Å². The fraction of sp³-hybridized carbons (Fsp3) is 0.200. The number of ether oxygens (including phenoxy) is 1. The third kappa shape index (κ3) is 4.33. The number of carbonyl (C=O) groups is 1. The normalized spacial score (nSPS) is 17.4. The summed E-state index contributed by atoms with van der Waals surface area (Å²) in [5.41, 5.74) is 9.48. The maximum atomic E-state index is 12.1. The molecule has 128 valence electrons. The van der Waals surface area contributed by atoms with Crippen LogP contribution in [0.3, 0.4) is 0 Å². The van der Waals surface area contributed by atoms with Gasteiger partial charge in [0.2, 0.25) is 0 Å². The number of quaternary nitrogens is 1. The Balaban J connectivity index is 1.59. The second-order valence-corrected chi connectivity index (χ2v) is 6.06. The Bertz CT molecular complexity index is 800. The third-order valence-corrected chi connectivity index (χ3v) is 4.10. The van der Waals surface area contributed by atoms with Gasteiger partial charge < -0.3 is 10.5 Å². The van der Waals surface area contributed by atoms with Gasteiger partial charge in [-0.25, -0.2) is 5.43 Å². The standard InChI is InChI=1S/C20H21N3O2/c1-14-17(12-16-9-5-6-10-19(16)25-14)13-22-23-20(24)18(21)11-15-7-3-2-4-8-15/h2-10,12-14,18H,11,21H2,1H3,(H,23,24)/p+1/b22-13-/t14-,18+/m0/s1. The fourth-order valence-electron chi connectivity index (χ4n) is 2.66. The Labute approximate surface area is 147 Å². The molecule has 1 aliphatic heterocycles. The Hall–Kier alpha value is -2.92.